The first kappa shape index (κ1) is 26.4. The monoisotopic (exact) mass is 556 g/mol. The molecule has 8 nitrogen and oxygen atoms in total. The normalized spacial score (nSPS) is 13.5. The van der Waals surface area contributed by atoms with Crippen LogP contribution in [0.3, 0.4) is 0 Å². The molecule has 10 heteroatoms. The van der Waals surface area contributed by atoms with Crippen molar-refractivity contribution in [2.75, 3.05) is 31.2 Å². The highest BCUT2D eigenvalue weighted by atomic mass is 19.1. The topological polar surface area (TPSA) is 78.1 Å². The van der Waals surface area contributed by atoms with E-state index in [4.69, 9.17) is 9.47 Å². The first-order valence-electron chi connectivity index (χ1n) is 13.2. The number of nitrogens with zero attached hydrogens (tertiary/aromatic N) is 4. The van der Waals surface area contributed by atoms with Crippen LogP contribution in [0.4, 0.5) is 14.5 Å². The van der Waals surface area contributed by atoms with Crippen LogP contribution in [0.1, 0.15) is 21.6 Å². The third-order valence-corrected chi connectivity index (χ3v) is 7.08. The maximum Gasteiger partial charge on any atom is 0.266 e. The second kappa shape index (κ2) is 11.0. The predicted octanol–water partition coefficient (Wildman–Crippen LogP) is 5.13. The quantitative estimate of drug-likeness (QED) is 0.259. The van der Waals surface area contributed by atoms with E-state index in [-0.39, 0.29) is 17.7 Å². The second-order valence-electron chi connectivity index (χ2n) is 9.80. The summed E-state index contributed by atoms with van der Waals surface area (Å²) in [6.45, 7) is 4.40. The fraction of sp³-hybridized carbons (Fsp3) is 0.194. The lowest BCUT2D eigenvalue weighted by atomic mass is 10.0. The van der Waals surface area contributed by atoms with E-state index in [1.807, 2.05) is 12.3 Å². The van der Waals surface area contributed by atoms with Crippen molar-refractivity contribution in [1.82, 2.24) is 14.2 Å². The molecule has 0 atom stereocenters. The van der Waals surface area contributed by atoms with Crippen molar-refractivity contribution < 1.29 is 23.0 Å². The van der Waals surface area contributed by atoms with Crippen LogP contribution in [0, 0.1) is 18.6 Å². The molecule has 0 spiro atoms. The molecule has 0 aliphatic carbocycles. The molecule has 1 aliphatic rings. The molecule has 1 fully saturated rings. The molecule has 0 amide bonds. The van der Waals surface area contributed by atoms with Gasteiger partial charge >= 0.3 is 0 Å². The van der Waals surface area contributed by atoms with Crippen molar-refractivity contribution in [2.24, 2.45) is 0 Å². The van der Waals surface area contributed by atoms with E-state index in [2.05, 4.69) is 10.00 Å². The molecular formula is C31H26F2N4O4. The number of ketones is 1. The molecule has 0 N–H and O–H groups in total. The summed E-state index contributed by atoms with van der Waals surface area (Å²) < 4.78 is 43.1. The maximum absolute atomic E-state index is 15.2. The highest BCUT2D eigenvalue weighted by molar-refractivity contribution is 5.97. The smallest absolute Gasteiger partial charge is 0.266 e. The Morgan fingerprint density at radius 3 is 2.49 bits per heavy atom. The number of Topliss-reactive ketones (excluding diaryl/α,β-unsaturated/α-hetero) is 1. The van der Waals surface area contributed by atoms with E-state index in [0.29, 0.717) is 41.4 Å². The van der Waals surface area contributed by atoms with Crippen molar-refractivity contribution >= 4 is 17.0 Å². The molecule has 3 aromatic heterocycles. The average Bonchev–Trinajstić information content (AvgIpc) is 3.45. The molecule has 208 valence electrons. The lowest BCUT2D eigenvalue weighted by molar-refractivity contribution is 0.0991. The van der Waals surface area contributed by atoms with Crippen LogP contribution in [0.2, 0.25) is 0 Å². The first-order chi connectivity index (χ1) is 19.9. The molecule has 0 bridgehead atoms. The standard InChI is InChI=1S/C31H26F2N4O4/c1-20-2-8-25(31(39)37(20)23-6-4-22(32)5-7-23)28(38)17-21-3-9-29(26(33)16-21)41-30-18-24(35-12-14-40-15-13-35)19-36-27(30)10-11-34-36/h2-11,16,18-19H,12-15,17H2,1H3. The number of aromatic nitrogens is 3. The zero-order valence-electron chi connectivity index (χ0n) is 22.2. The van der Waals surface area contributed by atoms with E-state index < -0.39 is 23.0 Å². The Morgan fingerprint density at radius 1 is 0.951 bits per heavy atom. The Balaban J connectivity index is 1.24. The predicted molar refractivity (Wildman–Crippen MR) is 149 cm³/mol. The highest BCUT2D eigenvalue weighted by Gasteiger charge is 2.19. The van der Waals surface area contributed by atoms with Gasteiger partial charge in [0.1, 0.15) is 11.3 Å². The Kier molecular flexibility index (Phi) is 7.07. The van der Waals surface area contributed by atoms with Crippen LogP contribution in [-0.4, -0.2) is 46.3 Å². The number of rotatable bonds is 7. The molecular weight excluding hydrogens is 530 g/mol. The van der Waals surface area contributed by atoms with Crippen molar-refractivity contribution in [3.8, 4) is 17.2 Å². The lowest BCUT2D eigenvalue weighted by Gasteiger charge is -2.29. The number of benzene rings is 2. The van der Waals surface area contributed by atoms with Crippen molar-refractivity contribution in [3.63, 3.8) is 0 Å². The Bertz CT molecular complexity index is 1810. The van der Waals surface area contributed by atoms with Crippen LogP contribution >= 0.6 is 0 Å². The molecule has 41 heavy (non-hydrogen) atoms. The zero-order valence-corrected chi connectivity index (χ0v) is 22.2. The summed E-state index contributed by atoms with van der Waals surface area (Å²) in [5.41, 5.74) is 2.43. The zero-order chi connectivity index (χ0) is 28.5. The van der Waals surface area contributed by atoms with Crippen molar-refractivity contribution in [3.05, 3.63) is 118 Å². The summed E-state index contributed by atoms with van der Waals surface area (Å²) in [6, 6.07) is 16.5. The van der Waals surface area contributed by atoms with Crippen molar-refractivity contribution in [2.45, 2.75) is 13.3 Å². The number of hydrogen-bond donors (Lipinski definition) is 0. The second-order valence-corrected chi connectivity index (χ2v) is 9.80. The molecule has 2 aromatic carbocycles. The minimum Gasteiger partial charge on any atom is -0.452 e. The molecule has 0 radical (unpaired) electrons. The van der Waals surface area contributed by atoms with E-state index in [9.17, 15) is 14.0 Å². The van der Waals surface area contributed by atoms with Gasteiger partial charge in [-0.15, -0.1) is 0 Å². The molecule has 0 unspecified atom stereocenters. The van der Waals surface area contributed by atoms with Crippen LogP contribution in [0.5, 0.6) is 11.5 Å². The van der Waals surface area contributed by atoms with Crippen LogP contribution in [-0.2, 0) is 11.2 Å². The number of ether oxygens (including phenoxy) is 2. The van der Waals surface area contributed by atoms with Crippen LogP contribution in [0.15, 0.2) is 83.9 Å². The van der Waals surface area contributed by atoms with Gasteiger partial charge in [0, 0.05) is 37.0 Å². The minimum atomic E-state index is -0.641. The largest absolute Gasteiger partial charge is 0.452 e. The number of morpholine rings is 1. The van der Waals surface area contributed by atoms with Gasteiger partial charge in [0.15, 0.2) is 23.1 Å². The van der Waals surface area contributed by atoms with Gasteiger partial charge in [-0.3, -0.25) is 14.2 Å². The number of halogens is 2. The van der Waals surface area contributed by atoms with E-state index in [1.165, 1.54) is 47.0 Å². The summed E-state index contributed by atoms with van der Waals surface area (Å²) in [4.78, 5) is 28.5. The molecule has 4 heterocycles. The van der Waals surface area contributed by atoms with Gasteiger partial charge < -0.3 is 14.4 Å². The van der Waals surface area contributed by atoms with Gasteiger partial charge in [0.05, 0.1) is 36.9 Å². The van der Waals surface area contributed by atoms with E-state index >= 15 is 4.39 Å². The van der Waals surface area contributed by atoms with Gasteiger partial charge in [-0.25, -0.2) is 13.3 Å². The van der Waals surface area contributed by atoms with Crippen molar-refractivity contribution in [1.29, 1.82) is 0 Å². The fourth-order valence-corrected chi connectivity index (χ4v) is 4.95. The number of carbonyl (C=O) groups is 1. The third kappa shape index (κ3) is 5.33. The van der Waals surface area contributed by atoms with E-state index in [1.54, 1.807) is 35.8 Å². The van der Waals surface area contributed by atoms with Gasteiger partial charge in [-0.05, 0) is 67.1 Å². The molecule has 6 rings (SSSR count). The summed E-state index contributed by atoms with van der Waals surface area (Å²) in [6.07, 6.45) is 3.36. The molecule has 0 saturated carbocycles. The van der Waals surface area contributed by atoms with E-state index in [0.717, 1.165) is 18.8 Å². The maximum atomic E-state index is 15.2. The molecule has 1 saturated heterocycles. The first-order valence-corrected chi connectivity index (χ1v) is 13.2. The number of carbonyl (C=O) groups excluding carboxylic acids is 1. The number of hydrogen-bond acceptors (Lipinski definition) is 6. The Hall–Kier alpha value is -4.83. The SMILES string of the molecule is Cc1ccc(C(=O)Cc2ccc(Oc3cc(N4CCOCC4)cn4nccc34)c(F)c2)c(=O)n1-c1ccc(F)cc1. The van der Waals surface area contributed by atoms with Gasteiger partial charge in [-0.1, -0.05) is 6.07 Å². The van der Waals surface area contributed by atoms with Gasteiger partial charge in [-0.2, -0.15) is 5.10 Å². The molecule has 5 aromatic rings. The molecule has 1 aliphatic heterocycles. The number of anilines is 1. The highest BCUT2D eigenvalue weighted by Crippen LogP contribution is 2.32. The number of pyridine rings is 2. The van der Waals surface area contributed by atoms with Gasteiger partial charge in [0.25, 0.3) is 5.56 Å². The summed E-state index contributed by atoms with van der Waals surface area (Å²) in [7, 11) is 0. The average molecular weight is 557 g/mol. The Labute approximate surface area is 234 Å². The number of aryl methyl sites for hydroxylation is 1. The summed E-state index contributed by atoms with van der Waals surface area (Å²) in [5, 5.41) is 4.32. The van der Waals surface area contributed by atoms with Crippen LogP contribution < -0.4 is 15.2 Å². The van der Waals surface area contributed by atoms with Gasteiger partial charge in [0.2, 0.25) is 0 Å². The van der Waals surface area contributed by atoms with Crippen LogP contribution in [0.25, 0.3) is 11.2 Å². The third-order valence-electron chi connectivity index (χ3n) is 7.08. The fourth-order valence-electron chi connectivity index (χ4n) is 4.95. The lowest BCUT2D eigenvalue weighted by Crippen LogP contribution is -2.36. The minimum absolute atomic E-state index is 0.00238. The Morgan fingerprint density at radius 2 is 1.73 bits per heavy atom. The summed E-state index contributed by atoms with van der Waals surface area (Å²) in [5.74, 6) is -1.09. The summed E-state index contributed by atoms with van der Waals surface area (Å²) >= 11 is 0. The number of fused-ring (bicyclic) bond motifs is 1.